The van der Waals surface area contributed by atoms with Crippen LogP contribution in [0.15, 0.2) is 12.2 Å². The molecule has 0 spiro atoms. The van der Waals surface area contributed by atoms with E-state index in [0.29, 0.717) is 5.92 Å². The van der Waals surface area contributed by atoms with Crippen molar-refractivity contribution < 1.29 is 27.2 Å². The molecule has 2 fully saturated rings. The van der Waals surface area contributed by atoms with Gasteiger partial charge in [-0.2, -0.15) is 0 Å². The number of hydrogen-bond acceptors (Lipinski definition) is 6. The van der Waals surface area contributed by atoms with Crippen LogP contribution in [0.1, 0.15) is 128 Å². The Morgan fingerprint density at radius 1 is 0.804 bits per heavy atom. The van der Waals surface area contributed by atoms with Crippen LogP contribution in [0.25, 0.3) is 0 Å². The molecule has 0 aromatic heterocycles. The first-order chi connectivity index (χ1) is 25.7. The maximum absolute atomic E-state index is 12.5. The summed E-state index contributed by atoms with van der Waals surface area (Å²) in [7, 11) is -6.84. The summed E-state index contributed by atoms with van der Waals surface area (Å²) in [6, 6.07) is 3.29. The Morgan fingerprint density at radius 3 is 1.89 bits per heavy atom. The molecule has 0 aromatic rings. The third-order valence-corrected chi connectivity index (χ3v) is 28.7. The molecule has 0 amide bonds. The molecular formula is C46H90O6Si4. The molecule has 0 bridgehead atoms. The van der Waals surface area contributed by atoms with Gasteiger partial charge in [-0.05, 0) is 112 Å². The van der Waals surface area contributed by atoms with Crippen LogP contribution in [-0.2, 0) is 27.2 Å². The monoisotopic (exact) mass is 851 g/mol. The van der Waals surface area contributed by atoms with E-state index in [4.69, 9.17) is 22.4 Å². The van der Waals surface area contributed by atoms with Crippen LogP contribution in [0.2, 0.25) is 74.0 Å². The molecule has 56 heavy (non-hydrogen) atoms. The van der Waals surface area contributed by atoms with Gasteiger partial charge in [0.25, 0.3) is 0 Å². The highest BCUT2D eigenvalue weighted by Crippen LogP contribution is 2.48. The molecule has 326 valence electrons. The molecule has 2 aliphatic carbocycles. The Balaban J connectivity index is 2.87. The van der Waals surface area contributed by atoms with E-state index in [-0.39, 0.29) is 64.1 Å². The van der Waals surface area contributed by atoms with E-state index >= 15 is 0 Å². The molecule has 6 nitrogen and oxygen atoms in total. The van der Waals surface area contributed by atoms with Crippen molar-refractivity contribution in [1.82, 2.24) is 0 Å². The number of hydrogen-bond donors (Lipinski definition) is 0. The second kappa shape index (κ2) is 21.3. The quantitative estimate of drug-likeness (QED) is 0.0526. The first-order valence-electron chi connectivity index (χ1n) is 22.7. The van der Waals surface area contributed by atoms with Crippen molar-refractivity contribution in [3.63, 3.8) is 0 Å². The van der Waals surface area contributed by atoms with Crippen molar-refractivity contribution >= 4 is 39.2 Å². The molecular weight excluding hydrogens is 761 g/mol. The minimum absolute atomic E-state index is 0.00448. The Bertz CT molecular complexity index is 1290. The van der Waals surface area contributed by atoms with E-state index in [2.05, 4.69) is 146 Å². The van der Waals surface area contributed by atoms with Crippen LogP contribution in [0.3, 0.4) is 0 Å². The summed E-state index contributed by atoms with van der Waals surface area (Å²) in [4.78, 5) is 12.5. The molecule has 0 saturated heterocycles. The molecule has 0 aliphatic heterocycles. The second-order valence-corrected chi connectivity index (χ2v) is 40.4. The van der Waals surface area contributed by atoms with Gasteiger partial charge < -0.3 is 22.4 Å². The zero-order chi connectivity index (χ0) is 42.9. The van der Waals surface area contributed by atoms with E-state index in [1.54, 1.807) is 0 Å². The van der Waals surface area contributed by atoms with E-state index in [1.165, 1.54) is 26.4 Å². The van der Waals surface area contributed by atoms with Crippen molar-refractivity contribution in [2.45, 2.75) is 226 Å². The Kier molecular flexibility index (Phi) is 19.7. The van der Waals surface area contributed by atoms with E-state index < -0.39 is 33.3 Å². The number of ether oxygens (including phenoxy) is 1. The summed E-state index contributed by atoms with van der Waals surface area (Å²) in [5, 5.41) is 0.182. The number of methoxy groups -OCH3 is 1. The maximum atomic E-state index is 12.5. The lowest BCUT2D eigenvalue weighted by Gasteiger charge is -2.41. The van der Waals surface area contributed by atoms with Crippen LogP contribution in [-0.4, -0.2) is 70.8 Å². The first-order valence-corrected chi connectivity index (χ1v) is 34.4. The third kappa shape index (κ3) is 14.9. The van der Waals surface area contributed by atoms with Gasteiger partial charge in [-0.25, -0.2) is 0 Å². The lowest BCUT2D eigenvalue weighted by atomic mass is 9.87. The van der Waals surface area contributed by atoms with Crippen LogP contribution >= 0.6 is 0 Å². The highest BCUT2D eigenvalue weighted by molar-refractivity contribution is 6.75. The molecule has 10 heteroatoms. The summed E-state index contributed by atoms with van der Waals surface area (Å²) < 4.78 is 34.8. The Labute approximate surface area is 351 Å². The number of rotatable bonds is 20. The normalized spacial score (nSPS) is 25.9. The van der Waals surface area contributed by atoms with Gasteiger partial charge in [0.2, 0.25) is 0 Å². The van der Waals surface area contributed by atoms with Gasteiger partial charge in [-0.15, -0.1) is 0 Å². The number of carbonyl (C=O) groups is 1. The SMILES string of the molecule is CCCC[C@H](C)C[C@@H](/C=C/[C@@H]1[C@@H](C(C#C[C@H]2CC[C@@H](C(=O)OC)C2)O[Si](C)(C)C)[C@@H](O[Si](CC)(CC)CC)C[C@H]1O[Si](C)(C)C(C)(C)C)O[Si](C)(C)C(C)(C)C. The fourth-order valence-corrected chi connectivity index (χ4v) is 14.7. The molecule has 0 radical (unpaired) electrons. The lowest BCUT2D eigenvalue weighted by Crippen LogP contribution is -2.47. The van der Waals surface area contributed by atoms with Crippen molar-refractivity contribution in [1.29, 1.82) is 0 Å². The molecule has 2 aliphatic rings. The molecule has 2 saturated carbocycles. The highest BCUT2D eigenvalue weighted by atomic mass is 28.4. The van der Waals surface area contributed by atoms with Crippen LogP contribution in [0.4, 0.5) is 0 Å². The fourth-order valence-electron chi connectivity index (χ4n) is 8.14. The molecule has 0 aromatic carbocycles. The van der Waals surface area contributed by atoms with Gasteiger partial charge in [-0.3, -0.25) is 4.79 Å². The van der Waals surface area contributed by atoms with Crippen molar-refractivity contribution in [2.24, 2.45) is 29.6 Å². The highest BCUT2D eigenvalue weighted by Gasteiger charge is 2.53. The van der Waals surface area contributed by atoms with Gasteiger partial charge in [0.1, 0.15) is 6.10 Å². The number of unbranched alkanes of at least 4 members (excludes halogenated alkanes) is 1. The predicted molar refractivity (Wildman–Crippen MR) is 249 cm³/mol. The summed E-state index contributed by atoms with van der Waals surface area (Å²) in [6.07, 6.45) is 12.7. The molecule has 1 unspecified atom stereocenters. The van der Waals surface area contributed by atoms with Crippen LogP contribution < -0.4 is 0 Å². The largest absolute Gasteiger partial charge is 0.469 e. The summed E-state index contributed by atoms with van der Waals surface area (Å²) in [5.41, 5.74) is 0. The zero-order valence-corrected chi connectivity index (χ0v) is 44.1. The van der Waals surface area contributed by atoms with E-state index in [0.717, 1.165) is 50.2 Å². The summed E-state index contributed by atoms with van der Waals surface area (Å²) in [5.74, 6) is 8.12. The Morgan fingerprint density at radius 2 is 1.39 bits per heavy atom. The van der Waals surface area contributed by atoms with Gasteiger partial charge in [0.05, 0.1) is 31.3 Å². The standard InChI is InChI=1S/C46H90O6Si4/c1-20-24-25-35(5)32-38(49-54(16,17)45(6,7)8)29-30-39-41(51-55(18,19)46(9,10)11)34-42(52-56(21-2,22-3)23-4)43(39)40(50-53(13,14)15)31-27-36-26-28-37(33-36)44(47)48-12/h29-30,35-43H,20-26,28,32-34H2,1-19H3/b30-29+/t35-,36+,37+,38+,39-,40?,41+,42-,43-/m0/s1. The molecule has 0 N–H and O–H groups in total. The van der Waals surface area contributed by atoms with Gasteiger partial charge >= 0.3 is 5.97 Å². The minimum Gasteiger partial charge on any atom is -0.469 e. The van der Waals surface area contributed by atoms with E-state index in [1.807, 2.05) is 0 Å². The van der Waals surface area contributed by atoms with Crippen LogP contribution in [0, 0.1) is 41.4 Å². The topological polar surface area (TPSA) is 63.2 Å². The summed E-state index contributed by atoms with van der Waals surface area (Å²) in [6.45, 7) is 42.2. The molecule has 0 heterocycles. The molecule has 9 atom stereocenters. The zero-order valence-electron chi connectivity index (χ0n) is 40.1. The number of esters is 1. The first kappa shape index (κ1) is 51.6. The van der Waals surface area contributed by atoms with Crippen molar-refractivity contribution in [3.05, 3.63) is 12.2 Å². The van der Waals surface area contributed by atoms with Crippen molar-refractivity contribution in [3.8, 4) is 11.8 Å². The van der Waals surface area contributed by atoms with Gasteiger partial charge in [0.15, 0.2) is 33.3 Å². The van der Waals surface area contributed by atoms with Crippen molar-refractivity contribution in [2.75, 3.05) is 7.11 Å². The third-order valence-electron chi connectivity index (χ3n) is 14.1. The van der Waals surface area contributed by atoms with Gasteiger partial charge in [-0.1, -0.05) is 119 Å². The fraction of sp³-hybridized carbons (Fsp3) is 0.891. The van der Waals surface area contributed by atoms with Gasteiger partial charge in [0, 0.05) is 17.8 Å². The number of carbonyl (C=O) groups excluding carboxylic acids is 1. The molecule has 2 rings (SSSR count). The summed E-state index contributed by atoms with van der Waals surface area (Å²) >= 11 is 0. The average Bonchev–Trinajstić information content (AvgIpc) is 3.69. The second-order valence-electron chi connectivity index (χ2n) is 21.7. The van der Waals surface area contributed by atoms with Crippen LogP contribution in [0.5, 0.6) is 0 Å². The maximum Gasteiger partial charge on any atom is 0.308 e. The minimum atomic E-state index is -2.17. The lowest BCUT2D eigenvalue weighted by molar-refractivity contribution is -0.145. The Hall–Kier alpha value is -0.522. The predicted octanol–water partition coefficient (Wildman–Crippen LogP) is 13.4. The van der Waals surface area contributed by atoms with E-state index in [9.17, 15) is 4.79 Å². The average molecular weight is 852 g/mol. The smallest absolute Gasteiger partial charge is 0.308 e.